The quantitative estimate of drug-likeness (QED) is 0.127. The van der Waals surface area contributed by atoms with E-state index in [1.807, 2.05) is 0 Å². The fourth-order valence-electron chi connectivity index (χ4n) is 16.5. The average Bonchev–Trinajstić information content (AvgIpc) is 0.776. The molecule has 0 spiro atoms. The maximum atomic E-state index is 15.4. The second-order valence-electron chi connectivity index (χ2n) is 35.4. The van der Waals surface area contributed by atoms with E-state index < -0.39 is 307 Å². The van der Waals surface area contributed by atoms with Gasteiger partial charge in [0, 0.05) is 75.0 Å². The monoisotopic (exact) mass is 1840 g/mol. The molecule has 6 aliphatic heterocycles. The number of rotatable bonds is 7. The number of amides is 1. The fourth-order valence-corrected chi connectivity index (χ4v) is 16.5. The minimum absolute atomic E-state index is 0.194. The first-order valence-electron chi connectivity index (χ1n) is 45.0. The van der Waals surface area contributed by atoms with Crippen LogP contribution in [0.3, 0.4) is 0 Å². The Morgan fingerprint density at radius 3 is 1.08 bits per heavy atom. The zero-order chi connectivity index (χ0) is 96.3. The van der Waals surface area contributed by atoms with Gasteiger partial charge in [0.25, 0.3) is 0 Å². The van der Waals surface area contributed by atoms with Crippen LogP contribution >= 0.6 is 0 Å². The molecule has 0 aliphatic carbocycles. The average molecular weight is 1840 g/mol. The Labute approximate surface area is 761 Å². The largest absolute Gasteiger partial charge is 0.469 e. The summed E-state index contributed by atoms with van der Waals surface area (Å²) < 4.78 is 53.8. The van der Waals surface area contributed by atoms with Crippen LogP contribution in [-0.4, -0.2) is 328 Å². The number of methoxy groups -OCH3 is 1. The van der Waals surface area contributed by atoms with Gasteiger partial charge in [-0.2, -0.15) is 0 Å². The number of fused-ring (bicyclic) bond motifs is 4. The molecule has 0 aromatic rings. The molecule has 35 nitrogen and oxygen atoms in total. The summed E-state index contributed by atoms with van der Waals surface area (Å²) >= 11 is 0. The third-order valence-corrected chi connectivity index (χ3v) is 24.5. The van der Waals surface area contributed by atoms with Gasteiger partial charge in [-0.25, -0.2) is 0 Å². The van der Waals surface area contributed by atoms with Crippen molar-refractivity contribution in [3.05, 3.63) is 170 Å². The van der Waals surface area contributed by atoms with Crippen molar-refractivity contribution in [2.24, 2.45) is 41.2 Å². The summed E-state index contributed by atoms with van der Waals surface area (Å²) in [6.07, 6.45) is -2.51. The van der Waals surface area contributed by atoms with Gasteiger partial charge in [0.05, 0.1) is 166 Å². The third-order valence-electron chi connectivity index (χ3n) is 24.5. The molecular weight excluding hydrogens is 1700 g/mol. The Morgan fingerprint density at radius 2 is 0.708 bits per heavy atom. The van der Waals surface area contributed by atoms with Crippen LogP contribution in [0.25, 0.3) is 0 Å². The van der Waals surface area contributed by atoms with Crippen LogP contribution in [0, 0.1) is 35.5 Å². The van der Waals surface area contributed by atoms with Gasteiger partial charge < -0.3 is 156 Å². The number of nitrogens with one attached hydrogen (secondary N) is 1. The SMILES string of the molecule is COC(=O)[C@H]1[C@@H]2C[C@@H](O[C@@H]3O[C@H](C)[C@@H](O)[C@H](NC(=O)[C@H]4[C@@H]5C[C@@H](O[C@@H]6O[C@H](C)[C@@H](O)[C@H](N)[C@@H]6O)C=CC=CC=CC=CC=CC=CC=C[C@H](C)[C@@H](O)[C@@H](C)[C@H](C)OC(=O)C[C@H](O)C[C@H](O)CC[C@@H](O)[C@H](O)C[C@H](O)C[C@](O)(C[C@@H]4O)O5)[C@@H]3O)/C=C/C=C/C=C/C=C/C=C/C=C/C=C/[C@H](C)[C@@H](O)[C@@H](C)[C@H](C)OC(=O)C[C@H](O)C[C@H](O)CC[C@@H](O)[C@H](O)C[C@H](O)C[C@](O)(C[C@@H]1O)O2. The molecule has 0 aromatic heterocycles. The number of aliphatic hydroxyl groups excluding tert-OH is 18. The molecule has 4 saturated heterocycles. The predicted molar refractivity (Wildman–Crippen MR) is 475 cm³/mol. The predicted octanol–water partition coefficient (Wildman–Crippen LogP) is 1.60. The number of ether oxygens (including phenoxy) is 9. The van der Waals surface area contributed by atoms with Gasteiger partial charge in [0.2, 0.25) is 5.91 Å². The number of cyclic esters (lactones) is 2. The first-order chi connectivity index (χ1) is 61.4. The smallest absolute Gasteiger partial charge is 0.313 e. The molecule has 0 unspecified atom stereocenters. The molecule has 0 saturated carbocycles. The van der Waals surface area contributed by atoms with Crippen molar-refractivity contribution in [3.63, 3.8) is 0 Å². The molecule has 6 rings (SSSR count). The number of nitrogens with two attached hydrogens (primary N) is 1. The van der Waals surface area contributed by atoms with Gasteiger partial charge >= 0.3 is 17.9 Å². The molecule has 6 aliphatic rings. The third kappa shape index (κ3) is 37.1. The Hall–Kier alpha value is -6.84. The van der Waals surface area contributed by atoms with E-state index in [0.29, 0.717) is 0 Å². The van der Waals surface area contributed by atoms with Crippen LogP contribution in [0.2, 0.25) is 0 Å². The highest BCUT2D eigenvalue weighted by Crippen LogP contribution is 2.42. The summed E-state index contributed by atoms with van der Waals surface area (Å²) in [6.45, 7) is 13.1. The molecule has 4 fully saturated rings. The molecule has 1 amide bonds. The Bertz CT molecular complexity index is 3840. The van der Waals surface area contributed by atoms with Gasteiger partial charge in [-0.3, -0.25) is 19.2 Å². The molecule has 130 heavy (non-hydrogen) atoms. The van der Waals surface area contributed by atoms with Crippen molar-refractivity contribution in [3.8, 4) is 0 Å². The lowest BCUT2D eigenvalue weighted by Gasteiger charge is -2.47. The van der Waals surface area contributed by atoms with Gasteiger partial charge in [-0.1, -0.05) is 198 Å². The van der Waals surface area contributed by atoms with Crippen molar-refractivity contribution in [2.45, 2.75) is 353 Å². The molecule has 6 heterocycles. The molecule has 734 valence electrons. The lowest BCUT2D eigenvalue weighted by Crippen LogP contribution is -2.66. The lowest BCUT2D eigenvalue weighted by molar-refractivity contribution is -0.309. The van der Waals surface area contributed by atoms with Crippen LogP contribution in [-0.2, 0) is 61.8 Å². The van der Waals surface area contributed by atoms with Gasteiger partial charge in [0.15, 0.2) is 24.2 Å². The summed E-state index contributed by atoms with van der Waals surface area (Å²) in [5.74, 6) is -14.1. The van der Waals surface area contributed by atoms with Gasteiger partial charge in [0.1, 0.15) is 36.4 Å². The van der Waals surface area contributed by atoms with Crippen molar-refractivity contribution in [1.29, 1.82) is 0 Å². The Morgan fingerprint density at radius 1 is 0.369 bits per heavy atom. The summed E-state index contributed by atoms with van der Waals surface area (Å²) in [7, 11) is 1.03. The molecular formula is C95H146N2O33. The van der Waals surface area contributed by atoms with Crippen LogP contribution < -0.4 is 11.1 Å². The molecule has 0 radical (unpaired) electrons. The first-order valence-corrected chi connectivity index (χ1v) is 45.0. The topological polar surface area (TPSA) is 594 Å². The first kappa shape index (κ1) is 112. The van der Waals surface area contributed by atoms with Crippen molar-refractivity contribution in [2.75, 3.05) is 7.11 Å². The molecule has 0 aromatic carbocycles. The van der Waals surface area contributed by atoms with Crippen molar-refractivity contribution < 1.29 is 164 Å². The second-order valence-corrected chi connectivity index (χ2v) is 35.4. The zero-order valence-corrected chi connectivity index (χ0v) is 75.6. The van der Waals surface area contributed by atoms with E-state index >= 15 is 4.79 Å². The highest BCUT2D eigenvalue weighted by atomic mass is 16.7. The van der Waals surface area contributed by atoms with E-state index in [1.54, 1.807) is 187 Å². The maximum absolute atomic E-state index is 15.4. The van der Waals surface area contributed by atoms with E-state index in [1.165, 1.54) is 38.2 Å². The standard InChI is InChI=1S/C95H146N2O33/c1-54-34-30-26-22-18-14-10-12-16-20-24-28-32-36-68(127-92-88(116)82(96)86(114)60(7)125-92)48-76-80(74(108)52-94(120,129-76)50-66(102)44-72(106)70(104)40-38-62(98)42-64(100)46-78(110)123-58(5)56(3)84(54)112)90(118)97-83-87(115)61(8)126-93(89(83)117)128-69-37-33-29-25-21-17-13-11-15-19-23-27-31-35-55(2)85(113)57(4)59(6)124-79(111)47-65(101)43-63(99)39-41-71(105)73(107)45-67(103)51-95(121)53-75(109)81(91(119)122-9)77(49-69)130-95/h10-37,54-77,80-89,92-93,98-109,112-117,120-121H,38-53,96H2,1-9H3,(H,97,118)/b12-10?,13-11+,18-14?,19-15+,20-16?,21-17+,26-22?,27-23+,28-24?,29-25+,34-30?,35-31+,36-32?,37-33+/t54-,55-,56-,57-,58-,59-,60+,61+,62+,63+,64+,65+,66-,67-,68-,69-,70+,71+,72+,73+,74-,75-,76-,77-,80+,81+,82-,83-,84+,85+,86+,87+,88-,89-,92-,93-,94+,95+/m0/s1. The van der Waals surface area contributed by atoms with Crippen LogP contribution in [0.15, 0.2) is 170 Å². The van der Waals surface area contributed by atoms with Crippen molar-refractivity contribution >= 4 is 23.8 Å². The minimum Gasteiger partial charge on any atom is -0.469 e. The minimum atomic E-state index is -2.61. The fraction of sp³-hybridized carbons (Fsp3) is 0.663. The van der Waals surface area contributed by atoms with E-state index in [9.17, 15) is 117 Å². The molecule has 23 N–H and O–H groups in total. The van der Waals surface area contributed by atoms with Crippen molar-refractivity contribution in [1.82, 2.24) is 5.32 Å². The van der Waals surface area contributed by atoms with Crippen LogP contribution in [0.1, 0.15) is 158 Å². The number of aliphatic hydroxyl groups is 20. The summed E-state index contributed by atoms with van der Waals surface area (Å²) in [4.78, 5) is 55.1. The number of hydrogen-bond acceptors (Lipinski definition) is 34. The van der Waals surface area contributed by atoms with Gasteiger partial charge in [-0.15, -0.1) is 0 Å². The summed E-state index contributed by atoms with van der Waals surface area (Å²) in [5.41, 5.74) is 6.27. The number of carbonyl (C=O) groups excluding carboxylic acids is 4. The number of esters is 3. The second kappa shape index (κ2) is 55.9. The zero-order valence-electron chi connectivity index (χ0n) is 75.6. The highest BCUT2D eigenvalue weighted by molar-refractivity contribution is 5.80. The van der Waals surface area contributed by atoms with E-state index in [2.05, 4.69) is 5.32 Å². The Balaban J connectivity index is 1.34. The van der Waals surface area contributed by atoms with Crippen LogP contribution in [0.5, 0.6) is 0 Å². The number of carbonyl (C=O) groups is 4. The summed E-state index contributed by atoms with van der Waals surface area (Å²) in [6, 6.07) is -3.12. The van der Waals surface area contributed by atoms with Gasteiger partial charge in [-0.05, 0) is 66.2 Å². The molecule has 38 atom stereocenters. The normalized spacial score (nSPS) is 43.9. The Kier molecular flexibility index (Phi) is 48.1. The maximum Gasteiger partial charge on any atom is 0.313 e. The number of allylic oxidation sites excluding steroid dienone is 24. The lowest BCUT2D eigenvalue weighted by atomic mass is 9.81. The molecule has 35 heteroatoms. The molecule has 4 bridgehead atoms. The van der Waals surface area contributed by atoms with E-state index in [4.69, 9.17) is 48.4 Å². The van der Waals surface area contributed by atoms with Crippen LogP contribution in [0.4, 0.5) is 0 Å². The highest BCUT2D eigenvalue weighted by Gasteiger charge is 2.55. The summed E-state index contributed by atoms with van der Waals surface area (Å²) in [5, 5.41) is 232. The van der Waals surface area contributed by atoms with E-state index in [0.717, 1.165) is 7.11 Å². The van der Waals surface area contributed by atoms with E-state index in [-0.39, 0.29) is 50.4 Å². The number of hydrogen-bond donors (Lipinski definition) is 22.